The monoisotopic (exact) mass is 167 g/mol. The first-order valence-electron chi connectivity index (χ1n) is 3.84. The average Bonchev–Trinajstić information content (AvgIpc) is 2.05. The maximum Gasteiger partial charge on any atom is 0.269 e. The number of nitrogens with one attached hydrogen (secondary N) is 1. The predicted octanol–water partition coefficient (Wildman–Crippen LogP) is 1.59. The molecule has 66 valence electrons. The molecule has 1 aliphatic rings. The molecule has 11 heavy (non-hydrogen) atoms. The van der Waals surface area contributed by atoms with Crippen LogP contribution in [-0.4, -0.2) is 25.7 Å². The molecule has 0 amide bonds. The van der Waals surface area contributed by atoms with E-state index in [1.807, 2.05) is 0 Å². The van der Waals surface area contributed by atoms with E-state index in [0.717, 1.165) is 0 Å². The van der Waals surface area contributed by atoms with E-state index in [-0.39, 0.29) is 0 Å². The van der Waals surface area contributed by atoms with Crippen LogP contribution >= 0.6 is 0 Å². The van der Waals surface area contributed by atoms with Crippen molar-refractivity contribution in [3.63, 3.8) is 0 Å². The lowest BCUT2D eigenvalue weighted by Crippen LogP contribution is -2.35. The Kier molecular flexibility index (Phi) is 3.17. The molecule has 0 saturated carbocycles. The standard InChI is InChI=1S/C7H12F3N/c8-6(7(9)10)5-1-3-11-4-2-5/h5-7,11H,1-4H2. The predicted molar refractivity (Wildman–Crippen MR) is 36.5 cm³/mol. The van der Waals surface area contributed by atoms with Crippen LogP contribution in [0.3, 0.4) is 0 Å². The van der Waals surface area contributed by atoms with Gasteiger partial charge >= 0.3 is 0 Å². The highest BCUT2D eigenvalue weighted by Crippen LogP contribution is 2.23. The van der Waals surface area contributed by atoms with Gasteiger partial charge in [-0.1, -0.05) is 0 Å². The van der Waals surface area contributed by atoms with Crippen molar-refractivity contribution < 1.29 is 13.2 Å². The maximum absolute atomic E-state index is 12.6. The molecule has 4 heteroatoms. The van der Waals surface area contributed by atoms with E-state index in [2.05, 4.69) is 5.32 Å². The Bertz CT molecular complexity index is 112. The second kappa shape index (κ2) is 3.95. The highest BCUT2D eigenvalue weighted by molar-refractivity contribution is 4.76. The van der Waals surface area contributed by atoms with Gasteiger partial charge in [-0.15, -0.1) is 0 Å². The number of hydrogen-bond donors (Lipinski definition) is 1. The Morgan fingerprint density at radius 2 is 1.64 bits per heavy atom. The van der Waals surface area contributed by atoms with Crippen LogP contribution in [0.1, 0.15) is 12.8 Å². The van der Waals surface area contributed by atoms with Crippen molar-refractivity contribution in [1.29, 1.82) is 0 Å². The molecule has 1 heterocycles. The van der Waals surface area contributed by atoms with Gasteiger partial charge in [-0.25, -0.2) is 13.2 Å². The molecule has 0 aromatic rings. The summed E-state index contributed by atoms with van der Waals surface area (Å²) in [5, 5.41) is 3.00. The summed E-state index contributed by atoms with van der Waals surface area (Å²) in [6, 6.07) is 0. The molecule has 0 spiro atoms. The molecule has 1 unspecified atom stereocenters. The van der Waals surface area contributed by atoms with Crippen molar-refractivity contribution >= 4 is 0 Å². The van der Waals surface area contributed by atoms with Crippen LogP contribution in [0.25, 0.3) is 0 Å². The smallest absolute Gasteiger partial charge is 0.269 e. The Labute approximate surface area is 64.0 Å². The van der Waals surface area contributed by atoms with Crippen LogP contribution in [0, 0.1) is 5.92 Å². The van der Waals surface area contributed by atoms with Gasteiger partial charge in [-0.05, 0) is 31.8 Å². The fourth-order valence-electron chi connectivity index (χ4n) is 1.37. The first kappa shape index (κ1) is 8.84. The fraction of sp³-hybridized carbons (Fsp3) is 1.00. The van der Waals surface area contributed by atoms with Gasteiger partial charge in [-0.3, -0.25) is 0 Å². The zero-order chi connectivity index (χ0) is 8.27. The van der Waals surface area contributed by atoms with Gasteiger partial charge in [-0.2, -0.15) is 0 Å². The molecule has 1 nitrogen and oxygen atoms in total. The third-order valence-corrected chi connectivity index (χ3v) is 2.07. The van der Waals surface area contributed by atoms with Crippen LogP contribution in [-0.2, 0) is 0 Å². The van der Waals surface area contributed by atoms with Crippen LogP contribution in [0.2, 0.25) is 0 Å². The number of rotatable bonds is 2. The van der Waals surface area contributed by atoms with E-state index in [1.165, 1.54) is 0 Å². The zero-order valence-corrected chi connectivity index (χ0v) is 6.19. The second-order valence-corrected chi connectivity index (χ2v) is 2.87. The summed E-state index contributed by atoms with van der Waals surface area (Å²) in [4.78, 5) is 0. The third-order valence-electron chi connectivity index (χ3n) is 2.07. The van der Waals surface area contributed by atoms with Crippen LogP contribution in [0.4, 0.5) is 13.2 Å². The molecular weight excluding hydrogens is 155 g/mol. The number of hydrogen-bond acceptors (Lipinski definition) is 1. The Hall–Kier alpha value is -0.250. The van der Waals surface area contributed by atoms with E-state index in [9.17, 15) is 13.2 Å². The summed E-state index contributed by atoms with van der Waals surface area (Å²) in [5.41, 5.74) is 0. The van der Waals surface area contributed by atoms with Gasteiger partial charge < -0.3 is 5.32 Å². The summed E-state index contributed by atoms with van der Waals surface area (Å²) in [6.45, 7) is 1.33. The van der Waals surface area contributed by atoms with Crippen molar-refractivity contribution in [2.24, 2.45) is 5.92 Å². The molecule has 0 aromatic heterocycles. The molecule has 0 aromatic carbocycles. The summed E-state index contributed by atoms with van der Waals surface area (Å²) < 4.78 is 36.3. The van der Waals surface area contributed by atoms with Crippen LogP contribution in [0.15, 0.2) is 0 Å². The molecule has 1 fully saturated rings. The van der Waals surface area contributed by atoms with Crippen LogP contribution in [0.5, 0.6) is 0 Å². The number of halogens is 3. The molecule has 0 bridgehead atoms. The minimum atomic E-state index is -2.81. The molecule has 0 radical (unpaired) electrons. The summed E-state index contributed by atoms with van der Waals surface area (Å²) in [6.07, 6.45) is -3.66. The Morgan fingerprint density at radius 1 is 1.09 bits per heavy atom. The topological polar surface area (TPSA) is 12.0 Å². The van der Waals surface area contributed by atoms with E-state index >= 15 is 0 Å². The van der Waals surface area contributed by atoms with Crippen molar-refractivity contribution in [3.8, 4) is 0 Å². The highest BCUT2D eigenvalue weighted by Gasteiger charge is 2.30. The minimum absolute atomic E-state index is 0.434. The van der Waals surface area contributed by atoms with E-state index in [1.54, 1.807) is 0 Å². The number of alkyl halides is 3. The van der Waals surface area contributed by atoms with Crippen molar-refractivity contribution in [3.05, 3.63) is 0 Å². The summed E-state index contributed by atoms with van der Waals surface area (Å²) >= 11 is 0. The van der Waals surface area contributed by atoms with Crippen molar-refractivity contribution in [2.75, 3.05) is 13.1 Å². The van der Waals surface area contributed by atoms with Gasteiger partial charge in [0, 0.05) is 0 Å². The molecule has 1 rings (SSSR count). The van der Waals surface area contributed by atoms with Crippen molar-refractivity contribution in [2.45, 2.75) is 25.4 Å². The minimum Gasteiger partial charge on any atom is -0.317 e. The normalized spacial score (nSPS) is 24.0. The SMILES string of the molecule is FC(F)C(F)C1CCNCC1. The first-order chi connectivity index (χ1) is 5.22. The summed E-state index contributed by atoms with van der Waals surface area (Å²) in [7, 11) is 0. The number of piperidine rings is 1. The quantitative estimate of drug-likeness (QED) is 0.658. The van der Waals surface area contributed by atoms with Gasteiger partial charge in [0.2, 0.25) is 0 Å². The summed E-state index contributed by atoms with van der Waals surface area (Å²) in [5.74, 6) is -0.434. The average molecular weight is 167 g/mol. The van der Waals surface area contributed by atoms with Crippen molar-refractivity contribution in [1.82, 2.24) is 5.32 Å². The van der Waals surface area contributed by atoms with Crippen LogP contribution < -0.4 is 5.32 Å². The van der Waals surface area contributed by atoms with E-state index < -0.39 is 18.5 Å². The van der Waals surface area contributed by atoms with Gasteiger partial charge in [0.25, 0.3) is 6.43 Å². The van der Waals surface area contributed by atoms with Gasteiger partial charge in [0.15, 0.2) is 6.17 Å². The fourth-order valence-corrected chi connectivity index (χ4v) is 1.37. The lowest BCUT2D eigenvalue weighted by atomic mass is 9.93. The third kappa shape index (κ3) is 2.36. The van der Waals surface area contributed by atoms with E-state index in [4.69, 9.17) is 0 Å². The second-order valence-electron chi connectivity index (χ2n) is 2.87. The largest absolute Gasteiger partial charge is 0.317 e. The van der Waals surface area contributed by atoms with Gasteiger partial charge in [0.1, 0.15) is 0 Å². The zero-order valence-electron chi connectivity index (χ0n) is 6.19. The molecule has 1 saturated heterocycles. The highest BCUT2D eigenvalue weighted by atomic mass is 19.3. The molecule has 1 N–H and O–H groups in total. The maximum atomic E-state index is 12.6. The molecule has 1 atom stereocenters. The lowest BCUT2D eigenvalue weighted by molar-refractivity contribution is 0.00784. The first-order valence-corrected chi connectivity index (χ1v) is 3.84. The Balaban J connectivity index is 2.32. The lowest BCUT2D eigenvalue weighted by Gasteiger charge is -2.24. The molecule has 0 aliphatic carbocycles. The van der Waals surface area contributed by atoms with Gasteiger partial charge in [0.05, 0.1) is 0 Å². The molecule has 1 aliphatic heterocycles. The Morgan fingerprint density at radius 3 is 2.09 bits per heavy atom. The van der Waals surface area contributed by atoms with E-state index in [0.29, 0.717) is 25.9 Å². The molecular formula is C7H12F3N.